The highest BCUT2D eigenvalue weighted by atomic mass is 16.7. The van der Waals surface area contributed by atoms with E-state index in [9.17, 15) is 9.59 Å². The van der Waals surface area contributed by atoms with E-state index in [1.807, 2.05) is 29.2 Å². The second kappa shape index (κ2) is 12.1. The number of primary amides is 1. The van der Waals surface area contributed by atoms with Crippen molar-refractivity contribution >= 4 is 11.8 Å². The van der Waals surface area contributed by atoms with Crippen LogP contribution in [-0.2, 0) is 23.8 Å². The number of amides is 2. The Kier molecular flexibility index (Phi) is 9.84. The number of rotatable bonds is 12. The number of ether oxygens (including phenoxy) is 3. The van der Waals surface area contributed by atoms with Crippen LogP contribution in [0.5, 0.6) is 0 Å². The van der Waals surface area contributed by atoms with Gasteiger partial charge < -0.3 is 24.8 Å². The molecule has 7 nitrogen and oxygen atoms in total. The largest absolute Gasteiger partial charge is 0.368 e. The number of nitrogens with two attached hydrogens (primary N) is 1. The van der Waals surface area contributed by atoms with Crippen molar-refractivity contribution in [2.75, 3.05) is 33.6 Å². The molecule has 1 aliphatic heterocycles. The van der Waals surface area contributed by atoms with Gasteiger partial charge in [-0.25, -0.2) is 0 Å². The molecule has 1 saturated heterocycles. The Morgan fingerprint density at radius 3 is 2.62 bits per heavy atom. The number of hydrogen-bond acceptors (Lipinski definition) is 5. The van der Waals surface area contributed by atoms with Gasteiger partial charge in [0.2, 0.25) is 11.8 Å². The standard InChI is InChI=1S/C22H36N2O5/c1-3-4-8-19(20(23)25)28-16-13-22(11-6-5-7-12-22)21(26)24-14-9-18(10-15-24)29-17-27-2/h5-7,11,18-19H,3-4,8-10,12-17H2,1-2H3,(H2,23,25)/t19-,22-/m0/s1. The molecule has 29 heavy (non-hydrogen) atoms. The molecule has 0 aromatic heterocycles. The van der Waals surface area contributed by atoms with Crippen LogP contribution in [0.25, 0.3) is 0 Å². The molecule has 0 bridgehead atoms. The summed E-state index contributed by atoms with van der Waals surface area (Å²) in [6, 6.07) is 0. The number of allylic oxidation sites excluding steroid dienone is 3. The predicted molar refractivity (Wildman–Crippen MR) is 111 cm³/mol. The Bertz CT molecular complexity index is 584. The van der Waals surface area contributed by atoms with E-state index >= 15 is 0 Å². The molecular weight excluding hydrogens is 372 g/mol. The SMILES string of the molecule is CCCC[C@H](OCC[C@]1(C(=O)N2CCC(OCOC)CC2)C=CC=CC1)C(N)=O. The van der Waals surface area contributed by atoms with Crippen molar-refractivity contribution in [2.45, 2.75) is 64.1 Å². The number of carbonyl (C=O) groups is 2. The topological polar surface area (TPSA) is 91.1 Å². The van der Waals surface area contributed by atoms with E-state index in [0.29, 0.717) is 39.0 Å². The zero-order valence-corrected chi connectivity index (χ0v) is 17.8. The molecule has 0 unspecified atom stereocenters. The number of carbonyl (C=O) groups excluding carboxylic acids is 2. The second-order valence-corrected chi connectivity index (χ2v) is 7.87. The Labute approximate surface area is 174 Å². The van der Waals surface area contributed by atoms with Gasteiger partial charge in [-0.05, 0) is 32.1 Å². The van der Waals surface area contributed by atoms with Crippen molar-refractivity contribution in [3.05, 3.63) is 24.3 Å². The molecule has 1 aliphatic carbocycles. The smallest absolute Gasteiger partial charge is 0.246 e. The van der Waals surface area contributed by atoms with Crippen LogP contribution in [0.15, 0.2) is 24.3 Å². The van der Waals surface area contributed by atoms with Gasteiger partial charge in [-0.3, -0.25) is 9.59 Å². The summed E-state index contributed by atoms with van der Waals surface area (Å²) in [6.45, 7) is 4.02. The van der Waals surface area contributed by atoms with Crippen LogP contribution in [0.1, 0.15) is 51.9 Å². The summed E-state index contributed by atoms with van der Waals surface area (Å²) in [4.78, 5) is 27.0. The van der Waals surface area contributed by atoms with E-state index in [4.69, 9.17) is 19.9 Å². The second-order valence-electron chi connectivity index (χ2n) is 7.87. The zero-order chi connectivity index (χ0) is 21.1. The lowest BCUT2D eigenvalue weighted by atomic mass is 9.77. The van der Waals surface area contributed by atoms with Crippen molar-refractivity contribution in [3.8, 4) is 0 Å². The summed E-state index contributed by atoms with van der Waals surface area (Å²) in [5, 5.41) is 0. The molecule has 1 heterocycles. The first-order chi connectivity index (χ1) is 14.0. The summed E-state index contributed by atoms with van der Waals surface area (Å²) in [5.74, 6) is -0.313. The fraction of sp³-hybridized carbons (Fsp3) is 0.727. The van der Waals surface area contributed by atoms with Crippen molar-refractivity contribution in [3.63, 3.8) is 0 Å². The lowest BCUT2D eigenvalue weighted by Crippen LogP contribution is -2.48. The quantitative estimate of drug-likeness (QED) is 0.501. The lowest BCUT2D eigenvalue weighted by Gasteiger charge is -2.39. The maximum Gasteiger partial charge on any atom is 0.246 e. The monoisotopic (exact) mass is 408 g/mol. The molecule has 2 atom stereocenters. The van der Waals surface area contributed by atoms with E-state index in [-0.39, 0.29) is 18.8 Å². The van der Waals surface area contributed by atoms with Gasteiger partial charge in [0, 0.05) is 26.8 Å². The summed E-state index contributed by atoms with van der Waals surface area (Å²) in [7, 11) is 1.61. The number of likely N-dealkylation sites (tertiary alicyclic amines) is 1. The summed E-state index contributed by atoms with van der Waals surface area (Å²) in [6.07, 6.45) is 12.7. The highest BCUT2D eigenvalue weighted by Crippen LogP contribution is 2.35. The third-order valence-corrected chi connectivity index (χ3v) is 5.73. The van der Waals surface area contributed by atoms with Crippen LogP contribution in [0.4, 0.5) is 0 Å². The van der Waals surface area contributed by atoms with E-state index in [1.165, 1.54) is 0 Å². The van der Waals surface area contributed by atoms with Crippen molar-refractivity contribution < 1.29 is 23.8 Å². The van der Waals surface area contributed by atoms with Gasteiger partial charge in [0.05, 0.1) is 11.5 Å². The third-order valence-electron chi connectivity index (χ3n) is 5.73. The number of piperidine rings is 1. The first-order valence-corrected chi connectivity index (χ1v) is 10.7. The number of unbranched alkanes of at least 4 members (excludes halogenated alkanes) is 1. The minimum Gasteiger partial charge on any atom is -0.368 e. The molecule has 2 N–H and O–H groups in total. The molecular formula is C22H36N2O5. The van der Waals surface area contributed by atoms with Crippen LogP contribution >= 0.6 is 0 Å². The summed E-state index contributed by atoms with van der Waals surface area (Å²) in [5.41, 5.74) is 4.85. The minimum absolute atomic E-state index is 0.121. The molecule has 164 valence electrons. The van der Waals surface area contributed by atoms with Crippen LogP contribution in [0.2, 0.25) is 0 Å². The van der Waals surface area contributed by atoms with E-state index in [2.05, 4.69) is 6.92 Å². The minimum atomic E-state index is -0.623. The van der Waals surface area contributed by atoms with Gasteiger partial charge in [0.15, 0.2) is 0 Å². The molecule has 2 rings (SSSR count). The highest BCUT2D eigenvalue weighted by molar-refractivity contribution is 5.85. The van der Waals surface area contributed by atoms with Crippen LogP contribution in [0, 0.1) is 5.41 Å². The molecule has 0 aromatic rings. The molecule has 7 heteroatoms. The Morgan fingerprint density at radius 1 is 1.28 bits per heavy atom. The van der Waals surface area contributed by atoms with Gasteiger partial charge in [-0.1, -0.05) is 44.1 Å². The Balaban J connectivity index is 1.94. The predicted octanol–water partition coefficient (Wildman–Crippen LogP) is 2.55. The van der Waals surface area contributed by atoms with Crippen LogP contribution < -0.4 is 5.73 Å². The van der Waals surface area contributed by atoms with Gasteiger partial charge in [-0.2, -0.15) is 0 Å². The molecule has 2 amide bonds. The molecule has 2 aliphatic rings. The van der Waals surface area contributed by atoms with Crippen molar-refractivity contribution in [1.82, 2.24) is 4.90 Å². The Morgan fingerprint density at radius 2 is 2.03 bits per heavy atom. The maximum atomic E-state index is 13.4. The van der Waals surface area contributed by atoms with Crippen molar-refractivity contribution in [2.24, 2.45) is 11.1 Å². The summed E-state index contributed by atoms with van der Waals surface area (Å²) >= 11 is 0. The van der Waals surface area contributed by atoms with Crippen LogP contribution in [-0.4, -0.2) is 62.5 Å². The molecule has 0 aromatic carbocycles. The van der Waals surface area contributed by atoms with E-state index in [0.717, 1.165) is 25.7 Å². The zero-order valence-electron chi connectivity index (χ0n) is 17.8. The normalized spacial score (nSPS) is 23.3. The Hall–Kier alpha value is -1.70. The number of nitrogens with zero attached hydrogens (tertiary/aromatic N) is 1. The first-order valence-electron chi connectivity index (χ1n) is 10.7. The number of methoxy groups -OCH3 is 1. The maximum absolute atomic E-state index is 13.4. The van der Waals surface area contributed by atoms with Gasteiger partial charge in [0.1, 0.15) is 12.9 Å². The fourth-order valence-electron chi connectivity index (χ4n) is 3.90. The highest BCUT2D eigenvalue weighted by Gasteiger charge is 2.40. The fourth-order valence-corrected chi connectivity index (χ4v) is 3.90. The molecule has 0 saturated carbocycles. The lowest BCUT2D eigenvalue weighted by molar-refractivity contribution is -0.145. The van der Waals surface area contributed by atoms with Gasteiger partial charge in [-0.15, -0.1) is 0 Å². The molecule has 1 fully saturated rings. The van der Waals surface area contributed by atoms with E-state index < -0.39 is 17.4 Å². The average molecular weight is 409 g/mol. The molecule has 0 radical (unpaired) electrons. The third kappa shape index (κ3) is 6.94. The van der Waals surface area contributed by atoms with Gasteiger partial charge in [0.25, 0.3) is 0 Å². The van der Waals surface area contributed by atoms with Gasteiger partial charge >= 0.3 is 0 Å². The summed E-state index contributed by atoms with van der Waals surface area (Å²) < 4.78 is 16.4. The molecule has 0 spiro atoms. The van der Waals surface area contributed by atoms with Crippen LogP contribution in [0.3, 0.4) is 0 Å². The van der Waals surface area contributed by atoms with E-state index in [1.54, 1.807) is 7.11 Å². The first kappa shape index (κ1) is 23.6. The average Bonchev–Trinajstić information content (AvgIpc) is 2.75. The number of hydrogen-bond donors (Lipinski definition) is 1. The van der Waals surface area contributed by atoms with Crippen molar-refractivity contribution in [1.29, 1.82) is 0 Å².